The van der Waals surface area contributed by atoms with Crippen molar-refractivity contribution in [1.29, 1.82) is 0 Å². The van der Waals surface area contributed by atoms with Crippen LogP contribution in [0.2, 0.25) is 0 Å². The van der Waals surface area contributed by atoms with E-state index in [1.54, 1.807) is 0 Å². The second-order valence-corrected chi connectivity index (χ2v) is 8.41. The van der Waals surface area contributed by atoms with E-state index in [9.17, 15) is 4.79 Å². The number of carbonyl (C=O) groups is 1. The number of ether oxygens (including phenoxy) is 8. The van der Waals surface area contributed by atoms with Gasteiger partial charge in [-0.05, 0) is 19.3 Å². The van der Waals surface area contributed by atoms with Crippen LogP contribution in [0.4, 0.5) is 0 Å². The zero-order valence-electron chi connectivity index (χ0n) is 23.3. The quantitative estimate of drug-likeness (QED) is 0.102. The van der Waals surface area contributed by atoms with Crippen LogP contribution in [-0.2, 0) is 42.7 Å². The molecule has 0 amide bonds. The minimum atomic E-state index is -0.112. The molecule has 0 rings (SSSR count). The normalized spacial score (nSPS) is 12.2. The van der Waals surface area contributed by atoms with Crippen molar-refractivity contribution in [2.24, 2.45) is 5.92 Å². The maximum Gasteiger partial charge on any atom is 0.308 e. The molecule has 0 bridgehead atoms. The summed E-state index contributed by atoms with van der Waals surface area (Å²) in [5.41, 5.74) is 0. The monoisotopic (exact) mass is 522 g/mol. The van der Waals surface area contributed by atoms with Gasteiger partial charge in [0.15, 0.2) is 0 Å². The average Bonchev–Trinajstić information content (AvgIpc) is 2.89. The second-order valence-electron chi connectivity index (χ2n) is 8.41. The molecule has 0 aliphatic rings. The zero-order valence-corrected chi connectivity index (χ0v) is 23.3. The van der Waals surface area contributed by atoms with Crippen LogP contribution in [0.3, 0.4) is 0 Å². The summed E-state index contributed by atoms with van der Waals surface area (Å²) in [6.07, 6.45) is 7.41. The molecule has 0 heterocycles. The molecule has 0 aromatic rings. The summed E-state index contributed by atoms with van der Waals surface area (Å²) >= 11 is 0. The van der Waals surface area contributed by atoms with Gasteiger partial charge in [0.2, 0.25) is 0 Å². The van der Waals surface area contributed by atoms with Gasteiger partial charge < -0.3 is 37.9 Å². The minimum Gasteiger partial charge on any atom is -0.463 e. The third-order valence-corrected chi connectivity index (χ3v) is 5.33. The molecule has 0 spiro atoms. The Morgan fingerprint density at radius 2 is 0.833 bits per heavy atom. The van der Waals surface area contributed by atoms with E-state index in [0.29, 0.717) is 85.9 Å². The highest BCUT2D eigenvalue weighted by atomic mass is 16.6. The van der Waals surface area contributed by atoms with Crippen LogP contribution in [0.1, 0.15) is 65.7 Å². The molecule has 36 heavy (non-hydrogen) atoms. The Kier molecular flexibility index (Phi) is 29.7. The van der Waals surface area contributed by atoms with E-state index in [-0.39, 0.29) is 18.5 Å². The number of unbranched alkanes of at least 4 members (excludes halogenated alkanes) is 3. The van der Waals surface area contributed by atoms with E-state index >= 15 is 0 Å². The third kappa shape index (κ3) is 26.3. The Morgan fingerprint density at radius 1 is 0.472 bits per heavy atom. The summed E-state index contributed by atoms with van der Waals surface area (Å²) in [5.74, 6) is -0.105. The van der Waals surface area contributed by atoms with Crippen molar-refractivity contribution in [3.8, 4) is 0 Å². The van der Waals surface area contributed by atoms with Gasteiger partial charge in [-0.15, -0.1) is 0 Å². The van der Waals surface area contributed by atoms with Gasteiger partial charge >= 0.3 is 5.97 Å². The van der Waals surface area contributed by atoms with Gasteiger partial charge in [0.25, 0.3) is 0 Å². The highest BCUT2D eigenvalue weighted by Gasteiger charge is 2.16. The molecule has 9 heteroatoms. The van der Waals surface area contributed by atoms with E-state index in [1.807, 2.05) is 6.92 Å². The van der Waals surface area contributed by atoms with Crippen LogP contribution in [0.5, 0.6) is 0 Å². The van der Waals surface area contributed by atoms with E-state index in [2.05, 4.69) is 13.8 Å². The fourth-order valence-corrected chi connectivity index (χ4v) is 3.13. The summed E-state index contributed by atoms with van der Waals surface area (Å²) in [4.78, 5) is 12.0. The van der Waals surface area contributed by atoms with Crippen molar-refractivity contribution in [1.82, 2.24) is 0 Å². The Morgan fingerprint density at radius 3 is 1.19 bits per heavy atom. The predicted octanol–water partition coefficient (Wildman–Crippen LogP) is 4.05. The lowest BCUT2D eigenvalue weighted by Gasteiger charge is -2.13. The van der Waals surface area contributed by atoms with Crippen molar-refractivity contribution in [2.75, 3.05) is 99.1 Å². The van der Waals surface area contributed by atoms with Gasteiger partial charge in [-0.1, -0.05) is 46.5 Å². The molecule has 1 unspecified atom stereocenters. The first-order valence-corrected chi connectivity index (χ1v) is 14.0. The van der Waals surface area contributed by atoms with Crippen molar-refractivity contribution >= 4 is 5.97 Å². The smallest absolute Gasteiger partial charge is 0.308 e. The average molecular weight is 523 g/mol. The van der Waals surface area contributed by atoms with E-state index in [1.165, 1.54) is 12.8 Å². The molecule has 9 nitrogen and oxygen atoms in total. The lowest BCUT2D eigenvalue weighted by Crippen LogP contribution is -2.20. The molecule has 0 N–H and O–H groups in total. The maximum absolute atomic E-state index is 12.0. The van der Waals surface area contributed by atoms with Crippen molar-refractivity contribution < 1.29 is 42.7 Å². The molecule has 0 aliphatic carbocycles. The molecule has 0 saturated carbocycles. The van der Waals surface area contributed by atoms with Crippen LogP contribution in [0, 0.1) is 5.92 Å². The Hall–Kier alpha value is -0.810. The van der Waals surface area contributed by atoms with Crippen LogP contribution in [0.15, 0.2) is 0 Å². The third-order valence-electron chi connectivity index (χ3n) is 5.33. The van der Waals surface area contributed by atoms with E-state index in [0.717, 1.165) is 38.7 Å². The van der Waals surface area contributed by atoms with Gasteiger partial charge in [0, 0.05) is 6.61 Å². The Balaban J connectivity index is 3.17. The maximum atomic E-state index is 12.0. The van der Waals surface area contributed by atoms with Crippen LogP contribution >= 0.6 is 0 Å². The van der Waals surface area contributed by atoms with Gasteiger partial charge in [-0.25, -0.2) is 0 Å². The van der Waals surface area contributed by atoms with E-state index < -0.39 is 0 Å². The molecule has 0 aromatic carbocycles. The summed E-state index contributed by atoms with van der Waals surface area (Å²) in [6, 6.07) is 0. The highest BCUT2D eigenvalue weighted by molar-refractivity contribution is 5.72. The van der Waals surface area contributed by atoms with Gasteiger partial charge in [-0.2, -0.15) is 0 Å². The standard InChI is InChI=1S/C27H54O9/c1-4-7-9-11-29-12-13-30-14-15-31-16-17-32-18-19-33-20-21-34-22-23-35-24-25-36-27(28)26(6-3)10-8-5-2/h26H,4-25H2,1-3H3. The molecule has 0 saturated heterocycles. The number of hydrogen-bond acceptors (Lipinski definition) is 9. The molecular formula is C27H54O9. The highest BCUT2D eigenvalue weighted by Crippen LogP contribution is 2.14. The van der Waals surface area contributed by atoms with Crippen LogP contribution in [-0.4, -0.2) is 105 Å². The fourth-order valence-electron chi connectivity index (χ4n) is 3.13. The summed E-state index contributed by atoms with van der Waals surface area (Å²) in [6.45, 7) is 14.3. The van der Waals surface area contributed by atoms with Gasteiger partial charge in [0.1, 0.15) is 6.61 Å². The number of rotatable bonds is 30. The topological polar surface area (TPSA) is 90.9 Å². The van der Waals surface area contributed by atoms with Gasteiger partial charge in [-0.3, -0.25) is 4.79 Å². The first-order valence-electron chi connectivity index (χ1n) is 14.0. The van der Waals surface area contributed by atoms with Crippen LogP contribution in [0.25, 0.3) is 0 Å². The lowest BCUT2D eigenvalue weighted by molar-refractivity contribution is -0.150. The van der Waals surface area contributed by atoms with Crippen molar-refractivity contribution in [3.05, 3.63) is 0 Å². The summed E-state index contributed by atoms with van der Waals surface area (Å²) in [5, 5.41) is 0. The molecule has 0 aromatic heterocycles. The summed E-state index contributed by atoms with van der Waals surface area (Å²) in [7, 11) is 0. The molecular weight excluding hydrogens is 468 g/mol. The Labute approximate surface area is 219 Å². The molecule has 216 valence electrons. The summed E-state index contributed by atoms with van der Waals surface area (Å²) < 4.78 is 43.5. The number of carbonyl (C=O) groups excluding carboxylic acids is 1. The fraction of sp³-hybridized carbons (Fsp3) is 0.963. The number of hydrogen-bond donors (Lipinski definition) is 0. The molecule has 0 radical (unpaired) electrons. The molecule has 1 atom stereocenters. The molecule has 0 aliphatic heterocycles. The zero-order chi connectivity index (χ0) is 26.4. The lowest BCUT2D eigenvalue weighted by atomic mass is 10.00. The second kappa shape index (κ2) is 30.4. The van der Waals surface area contributed by atoms with Crippen LogP contribution < -0.4 is 0 Å². The predicted molar refractivity (Wildman–Crippen MR) is 140 cm³/mol. The SMILES string of the molecule is CCCCCOCCOCCOCCOCCOCCOCCOCCOC(=O)C(CC)CCCC. The Bertz CT molecular complexity index is 437. The largest absolute Gasteiger partial charge is 0.463 e. The van der Waals surface area contributed by atoms with Gasteiger partial charge in [0.05, 0.1) is 91.8 Å². The van der Waals surface area contributed by atoms with Crippen molar-refractivity contribution in [2.45, 2.75) is 65.7 Å². The van der Waals surface area contributed by atoms with E-state index in [4.69, 9.17) is 37.9 Å². The first-order chi connectivity index (χ1) is 17.8. The first kappa shape index (κ1) is 35.2. The molecule has 0 fully saturated rings. The number of esters is 1. The minimum absolute atomic E-state index is 0.00717. The van der Waals surface area contributed by atoms with Crippen molar-refractivity contribution in [3.63, 3.8) is 0 Å².